The number of rotatable bonds is 5. The van der Waals surface area contributed by atoms with E-state index in [1.807, 2.05) is 18.2 Å². The highest BCUT2D eigenvalue weighted by Crippen LogP contribution is 2.37. The Hall–Kier alpha value is -0.280. The van der Waals surface area contributed by atoms with E-state index in [4.69, 9.17) is 34.7 Å². The predicted molar refractivity (Wildman–Crippen MR) is 75.6 cm³/mol. The lowest BCUT2D eigenvalue weighted by molar-refractivity contribution is 0.328. The molecule has 1 rings (SSSR count). The molecule has 0 aromatic heterocycles. The van der Waals surface area contributed by atoms with Crippen molar-refractivity contribution < 1.29 is 0 Å². The maximum Gasteiger partial charge on any atom is 0.0455 e. The van der Waals surface area contributed by atoms with Gasteiger partial charge in [0.25, 0.3) is 0 Å². The van der Waals surface area contributed by atoms with Crippen molar-refractivity contribution >= 4 is 23.2 Å². The molecule has 0 aliphatic heterocycles. The SMILES string of the molecule is CC(c1c(Cl)cccc1Cl)C(C)C(CN)CN. The summed E-state index contributed by atoms with van der Waals surface area (Å²) in [6.45, 7) is 5.44. The molecule has 1 aromatic rings. The molecule has 0 bridgehead atoms. The number of nitrogens with two attached hydrogens (primary N) is 2. The van der Waals surface area contributed by atoms with Crippen LogP contribution in [0.1, 0.15) is 25.3 Å². The molecule has 4 heteroatoms. The molecule has 2 atom stereocenters. The molecule has 0 aliphatic rings. The van der Waals surface area contributed by atoms with Gasteiger partial charge in [0, 0.05) is 10.0 Å². The van der Waals surface area contributed by atoms with Gasteiger partial charge in [0.15, 0.2) is 0 Å². The molecule has 0 saturated heterocycles. The van der Waals surface area contributed by atoms with Crippen molar-refractivity contribution in [2.24, 2.45) is 23.3 Å². The van der Waals surface area contributed by atoms with Crippen LogP contribution in [0.4, 0.5) is 0 Å². The third-order valence-electron chi connectivity index (χ3n) is 3.59. The Balaban J connectivity index is 2.99. The Morgan fingerprint density at radius 3 is 1.94 bits per heavy atom. The number of hydrogen-bond donors (Lipinski definition) is 2. The molecule has 0 heterocycles. The van der Waals surface area contributed by atoms with Crippen molar-refractivity contribution in [2.75, 3.05) is 13.1 Å². The van der Waals surface area contributed by atoms with Gasteiger partial charge in [-0.3, -0.25) is 0 Å². The fourth-order valence-corrected chi connectivity index (χ4v) is 2.88. The summed E-state index contributed by atoms with van der Waals surface area (Å²) in [5.41, 5.74) is 12.5. The van der Waals surface area contributed by atoms with Gasteiger partial charge in [0.1, 0.15) is 0 Å². The fourth-order valence-electron chi connectivity index (χ4n) is 2.14. The van der Waals surface area contributed by atoms with E-state index < -0.39 is 0 Å². The highest BCUT2D eigenvalue weighted by Gasteiger charge is 2.24. The van der Waals surface area contributed by atoms with Crippen molar-refractivity contribution in [3.8, 4) is 0 Å². The number of halogens is 2. The van der Waals surface area contributed by atoms with Gasteiger partial charge in [-0.05, 0) is 48.5 Å². The first kappa shape index (κ1) is 14.8. The molecule has 0 fully saturated rings. The zero-order chi connectivity index (χ0) is 13.0. The smallest absolute Gasteiger partial charge is 0.0455 e. The highest BCUT2D eigenvalue weighted by atomic mass is 35.5. The van der Waals surface area contributed by atoms with Gasteiger partial charge in [0.2, 0.25) is 0 Å². The van der Waals surface area contributed by atoms with Crippen LogP contribution in [-0.4, -0.2) is 13.1 Å². The van der Waals surface area contributed by atoms with E-state index in [1.54, 1.807) is 0 Å². The number of benzene rings is 1. The molecule has 4 N–H and O–H groups in total. The van der Waals surface area contributed by atoms with Gasteiger partial charge in [-0.25, -0.2) is 0 Å². The average Bonchev–Trinajstić information content (AvgIpc) is 2.30. The van der Waals surface area contributed by atoms with E-state index in [1.165, 1.54) is 0 Å². The third kappa shape index (κ3) is 3.35. The Kier molecular flexibility index (Phi) is 5.74. The predicted octanol–water partition coefficient (Wildman–Crippen LogP) is 3.27. The molecule has 0 spiro atoms. The van der Waals surface area contributed by atoms with Crippen LogP contribution in [0.15, 0.2) is 18.2 Å². The summed E-state index contributed by atoms with van der Waals surface area (Å²) in [5, 5.41) is 1.43. The molecular formula is C13H20Cl2N2. The van der Waals surface area contributed by atoms with Crippen LogP contribution >= 0.6 is 23.2 Å². The van der Waals surface area contributed by atoms with Gasteiger partial charge in [0.05, 0.1) is 0 Å². The Bertz CT molecular complexity index is 344. The quantitative estimate of drug-likeness (QED) is 0.866. The molecule has 0 amide bonds. The van der Waals surface area contributed by atoms with Crippen LogP contribution in [0, 0.1) is 11.8 Å². The van der Waals surface area contributed by atoms with Crippen molar-refractivity contribution in [3.63, 3.8) is 0 Å². The monoisotopic (exact) mass is 274 g/mol. The first-order chi connectivity index (χ1) is 8.02. The Morgan fingerprint density at radius 2 is 1.53 bits per heavy atom. The van der Waals surface area contributed by atoms with E-state index in [9.17, 15) is 0 Å². The van der Waals surface area contributed by atoms with Crippen LogP contribution in [0.2, 0.25) is 10.0 Å². The van der Waals surface area contributed by atoms with Crippen molar-refractivity contribution in [2.45, 2.75) is 19.8 Å². The highest BCUT2D eigenvalue weighted by molar-refractivity contribution is 6.36. The zero-order valence-electron chi connectivity index (χ0n) is 10.3. The Labute approximate surface area is 113 Å². The van der Waals surface area contributed by atoms with Gasteiger partial charge in [-0.15, -0.1) is 0 Å². The lowest BCUT2D eigenvalue weighted by Gasteiger charge is -2.28. The number of hydrogen-bond acceptors (Lipinski definition) is 2. The average molecular weight is 275 g/mol. The summed E-state index contributed by atoms with van der Waals surface area (Å²) in [7, 11) is 0. The first-order valence-corrected chi connectivity index (χ1v) is 6.62. The van der Waals surface area contributed by atoms with Gasteiger partial charge >= 0.3 is 0 Å². The van der Waals surface area contributed by atoms with E-state index in [0.717, 1.165) is 5.56 Å². The molecule has 2 nitrogen and oxygen atoms in total. The minimum absolute atomic E-state index is 0.244. The molecule has 0 saturated carbocycles. The molecule has 96 valence electrons. The van der Waals surface area contributed by atoms with Gasteiger partial charge in [-0.1, -0.05) is 43.1 Å². The Morgan fingerprint density at radius 1 is 1.06 bits per heavy atom. The van der Waals surface area contributed by atoms with Crippen LogP contribution in [0.3, 0.4) is 0 Å². The third-order valence-corrected chi connectivity index (χ3v) is 4.25. The van der Waals surface area contributed by atoms with Crippen molar-refractivity contribution in [1.82, 2.24) is 0 Å². The fraction of sp³-hybridized carbons (Fsp3) is 0.538. The van der Waals surface area contributed by atoms with E-state index in [-0.39, 0.29) is 11.8 Å². The van der Waals surface area contributed by atoms with Gasteiger partial charge < -0.3 is 11.5 Å². The molecule has 17 heavy (non-hydrogen) atoms. The summed E-state index contributed by atoms with van der Waals surface area (Å²) < 4.78 is 0. The molecule has 2 unspecified atom stereocenters. The van der Waals surface area contributed by atoms with E-state index in [0.29, 0.717) is 29.1 Å². The lowest BCUT2D eigenvalue weighted by atomic mass is 9.80. The summed E-state index contributed by atoms with van der Waals surface area (Å²) in [6.07, 6.45) is 0. The van der Waals surface area contributed by atoms with E-state index >= 15 is 0 Å². The minimum atomic E-state index is 0.244. The maximum absolute atomic E-state index is 6.21. The van der Waals surface area contributed by atoms with Crippen molar-refractivity contribution in [1.29, 1.82) is 0 Å². The first-order valence-electron chi connectivity index (χ1n) is 5.87. The minimum Gasteiger partial charge on any atom is -0.330 e. The largest absolute Gasteiger partial charge is 0.330 e. The van der Waals surface area contributed by atoms with Crippen LogP contribution in [0.5, 0.6) is 0 Å². The zero-order valence-corrected chi connectivity index (χ0v) is 11.8. The second-order valence-corrected chi connectivity index (χ2v) is 5.33. The second kappa shape index (κ2) is 6.60. The lowest BCUT2D eigenvalue weighted by Crippen LogP contribution is -2.31. The van der Waals surface area contributed by atoms with E-state index in [2.05, 4.69) is 13.8 Å². The topological polar surface area (TPSA) is 52.0 Å². The summed E-state index contributed by atoms with van der Waals surface area (Å²) >= 11 is 12.4. The normalized spacial score (nSPS) is 15.0. The van der Waals surface area contributed by atoms with Gasteiger partial charge in [-0.2, -0.15) is 0 Å². The molecule has 0 aliphatic carbocycles. The maximum atomic E-state index is 6.21. The van der Waals surface area contributed by atoms with Crippen LogP contribution < -0.4 is 11.5 Å². The second-order valence-electron chi connectivity index (χ2n) is 4.51. The standard InChI is InChI=1S/C13H20Cl2N2/c1-8(10(6-16)7-17)9(2)13-11(14)4-3-5-12(13)15/h3-5,8-10H,6-7,16-17H2,1-2H3. The summed E-state index contributed by atoms with van der Waals surface area (Å²) in [5.74, 6) is 0.882. The summed E-state index contributed by atoms with van der Waals surface area (Å²) in [6, 6.07) is 5.59. The molecular weight excluding hydrogens is 255 g/mol. The summed E-state index contributed by atoms with van der Waals surface area (Å²) in [4.78, 5) is 0. The van der Waals surface area contributed by atoms with Crippen LogP contribution in [0.25, 0.3) is 0 Å². The van der Waals surface area contributed by atoms with Crippen molar-refractivity contribution in [3.05, 3.63) is 33.8 Å². The molecule has 0 radical (unpaired) electrons. The van der Waals surface area contributed by atoms with Crippen LogP contribution in [-0.2, 0) is 0 Å². The molecule has 1 aromatic carbocycles.